The van der Waals surface area contributed by atoms with E-state index in [0.717, 1.165) is 18.5 Å². The number of halogens is 1. The van der Waals surface area contributed by atoms with Crippen molar-refractivity contribution in [3.05, 3.63) is 52.0 Å². The highest BCUT2D eigenvalue weighted by molar-refractivity contribution is 9.10. The zero-order valence-electron chi connectivity index (χ0n) is 14.9. The molecule has 0 aliphatic carbocycles. The lowest BCUT2D eigenvalue weighted by Crippen LogP contribution is -2.13. The Morgan fingerprint density at radius 3 is 2.40 bits per heavy atom. The Balaban J connectivity index is 2.22. The van der Waals surface area contributed by atoms with E-state index in [0.29, 0.717) is 34.7 Å². The van der Waals surface area contributed by atoms with Crippen molar-refractivity contribution in [2.24, 2.45) is 0 Å². The van der Waals surface area contributed by atoms with E-state index >= 15 is 0 Å². The molecule has 1 amide bonds. The first-order valence-electron chi connectivity index (χ1n) is 8.58. The summed E-state index contributed by atoms with van der Waals surface area (Å²) in [5, 5.41) is 2.91. The third-order valence-corrected chi connectivity index (χ3v) is 4.23. The number of carbonyl (C=O) groups excluding carboxylic acids is 1. The van der Waals surface area contributed by atoms with Gasteiger partial charge >= 0.3 is 0 Å². The van der Waals surface area contributed by atoms with Crippen LogP contribution in [0.5, 0.6) is 11.5 Å². The molecule has 2 aromatic rings. The van der Waals surface area contributed by atoms with Crippen molar-refractivity contribution in [2.45, 2.75) is 33.6 Å². The molecule has 0 saturated heterocycles. The normalized spacial score (nSPS) is 10.4. The number of anilines is 1. The number of hydrogen-bond donors (Lipinski definition) is 1. The fourth-order valence-electron chi connectivity index (χ4n) is 2.33. The van der Waals surface area contributed by atoms with Crippen molar-refractivity contribution in [2.75, 3.05) is 18.5 Å². The van der Waals surface area contributed by atoms with Crippen LogP contribution < -0.4 is 14.8 Å². The van der Waals surface area contributed by atoms with Gasteiger partial charge in [-0.15, -0.1) is 0 Å². The van der Waals surface area contributed by atoms with E-state index in [1.54, 1.807) is 12.1 Å². The van der Waals surface area contributed by atoms with Crippen molar-refractivity contribution in [1.82, 2.24) is 0 Å². The van der Waals surface area contributed by atoms with Gasteiger partial charge in [0.1, 0.15) is 0 Å². The van der Waals surface area contributed by atoms with Gasteiger partial charge in [-0.1, -0.05) is 26.0 Å². The minimum atomic E-state index is -0.187. The molecule has 0 aromatic heterocycles. The molecule has 134 valence electrons. The summed E-state index contributed by atoms with van der Waals surface area (Å²) >= 11 is 3.49. The fourth-order valence-corrected chi connectivity index (χ4v) is 2.89. The van der Waals surface area contributed by atoms with Crippen LogP contribution in [0.4, 0.5) is 5.69 Å². The monoisotopic (exact) mass is 405 g/mol. The van der Waals surface area contributed by atoms with E-state index in [9.17, 15) is 4.79 Å². The van der Waals surface area contributed by atoms with Crippen LogP contribution in [0.15, 0.2) is 40.9 Å². The summed E-state index contributed by atoms with van der Waals surface area (Å²) in [4.78, 5) is 12.6. The number of benzene rings is 2. The van der Waals surface area contributed by atoms with Gasteiger partial charge in [-0.2, -0.15) is 0 Å². The van der Waals surface area contributed by atoms with Crippen molar-refractivity contribution in [1.29, 1.82) is 0 Å². The number of amides is 1. The Morgan fingerprint density at radius 1 is 1.08 bits per heavy atom. The van der Waals surface area contributed by atoms with E-state index in [2.05, 4.69) is 28.2 Å². The van der Waals surface area contributed by atoms with Gasteiger partial charge in [0, 0.05) is 11.3 Å². The van der Waals surface area contributed by atoms with Crippen LogP contribution in [0.1, 0.15) is 43.1 Å². The molecule has 5 heteroatoms. The molecule has 0 radical (unpaired) electrons. The number of rotatable bonds is 8. The van der Waals surface area contributed by atoms with E-state index < -0.39 is 0 Å². The number of nitrogens with one attached hydrogen (secondary N) is 1. The Morgan fingerprint density at radius 2 is 1.80 bits per heavy atom. The fraction of sp³-hybridized carbons (Fsp3) is 0.350. The van der Waals surface area contributed by atoms with Gasteiger partial charge in [0.25, 0.3) is 5.91 Å². The third kappa shape index (κ3) is 5.23. The molecule has 0 saturated carbocycles. The summed E-state index contributed by atoms with van der Waals surface area (Å²) in [6, 6.07) is 11.3. The molecule has 1 N–H and O–H groups in total. The first-order chi connectivity index (χ1) is 12.1. The summed E-state index contributed by atoms with van der Waals surface area (Å²) in [6.45, 7) is 7.13. The predicted octanol–water partition coefficient (Wildman–Crippen LogP) is 5.45. The lowest BCUT2D eigenvalue weighted by Gasteiger charge is -2.15. The Kier molecular flexibility index (Phi) is 7.31. The molecule has 0 heterocycles. The van der Waals surface area contributed by atoms with Gasteiger partial charge in [-0.25, -0.2) is 0 Å². The second kappa shape index (κ2) is 9.47. The highest BCUT2D eigenvalue weighted by Gasteiger charge is 2.16. The molecule has 25 heavy (non-hydrogen) atoms. The molecule has 0 fully saturated rings. The molecular formula is C20H24BrNO3. The van der Waals surface area contributed by atoms with Crippen LogP contribution in [-0.2, 0) is 6.42 Å². The molecule has 0 bridgehead atoms. The molecule has 2 rings (SSSR count). The van der Waals surface area contributed by atoms with Crippen LogP contribution in [0.3, 0.4) is 0 Å². The second-order valence-electron chi connectivity index (χ2n) is 5.57. The molecule has 0 spiro atoms. The van der Waals surface area contributed by atoms with Gasteiger partial charge in [0.15, 0.2) is 11.5 Å². The minimum Gasteiger partial charge on any atom is -0.490 e. The third-order valence-electron chi connectivity index (χ3n) is 3.64. The van der Waals surface area contributed by atoms with Crippen LogP contribution in [-0.4, -0.2) is 19.1 Å². The maximum atomic E-state index is 12.6. The lowest BCUT2D eigenvalue weighted by atomic mass is 10.1. The average molecular weight is 406 g/mol. The van der Waals surface area contributed by atoms with E-state index in [4.69, 9.17) is 9.47 Å². The molecule has 4 nitrogen and oxygen atoms in total. The Labute approximate surface area is 157 Å². The van der Waals surface area contributed by atoms with Gasteiger partial charge in [-0.05, 0) is 65.5 Å². The summed E-state index contributed by atoms with van der Waals surface area (Å²) in [6.07, 6.45) is 1.87. The average Bonchev–Trinajstić information content (AvgIpc) is 2.61. The first kappa shape index (κ1) is 19.3. The molecule has 2 aromatic carbocycles. The van der Waals surface area contributed by atoms with Gasteiger partial charge in [0.2, 0.25) is 0 Å². The largest absolute Gasteiger partial charge is 0.490 e. The van der Waals surface area contributed by atoms with Crippen molar-refractivity contribution in [3.63, 3.8) is 0 Å². The smallest absolute Gasteiger partial charge is 0.255 e. The van der Waals surface area contributed by atoms with E-state index in [1.165, 1.54) is 5.56 Å². The SMILES string of the molecule is CCCOc1c(Br)cc(C(=O)Nc2ccc(CC)cc2)cc1OCC. The minimum absolute atomic E-state index is 0.187. The Hall–Kier alpha value is -2.01. The van der Waals surface area contributed by atoms with Crippen molar-refractivity contribution in [3.8, 4) is 11.5 Å². The Bertz CT molecular complexity index is 714. The highest BCUT2D eigenvalue weighted by Crippen LogP contribution is 2.37. The van der Waals surface area contributed by atoms with E-state index in [1.807, 2.05) is 38.1 Å². The second-order valence-corrected chi connectivity index (χ2v) is 6.43. The summed E-state index contributed by atoms with van der Waals surface area (Å²) in [5.74, 6) is 1.01. The standard InChI is InChI=1S/C20H24BrNO3/c1-4-11-25-19-17(21)12-15(13-18(19)24-6-3)20(23)22-16-9-7-14(5-2)8-10-16/h7-10,12-13H,4-6,11H2,1-3H3,(H,22,23). The van der Waals surface area contributed by atoms with Crippen LogP contribution in [0.2, 0.25) is 0 Å². The van der Waals surface area contributed by atoms with Gasteiger partial charge in [0.05, 0.1) is 17.7 Å². The summed E-state index contributed by atoms with van der Waals surface area (Å²) < 4.78 is 12.1. The number of ether oxygens (including phenoxy) is 2. The number of aryl methyl sites for hydroxylation is 1. The topological polar surface area (TPSA) is 47.6 Å². The molecule has 0 atom stereocenters. The maximum absolute atomic E-state index is 12.6. The molecular weight excluding hydrogens is 382 g/mol. The summed E-state index contributed by atoms with van der Waals surface area (Å²) in [5.41, 5.74) is 2.51. The zero-order valence-corrected chi connectivity index (χ0v) is 16.5. The zero-order chi connectivity index (χ0) is 18.2. The quantitative estimate of drug-likeness (QED) is 0.634. The molecule has 0 unspecified atom stereocenters. The predicted molar refractivity (Wildman–Crippen MR) is 105 cm³/mol. The van der Waals surface area contributed by atoms with Crippen LogP contribution in [0, 0.1) is 0 Å². The van der Waals surface area contributed by atoms with E-state index in [-0.39, 0.29) is 5.91 Å². The van der Waals surface area contributed by atoms with Crippen molar-refractivity contribution < 1.29 is 14.3 Å². The lowest BCUT2D eigenvalue weighted by molar-refractivity contribution is 0.102. The molecule has 0 aliphatic rings. The van der Waals surface area contributed by atoms with Crippen molar-refractivity contribution >= 4 is 27.5 Å². The molecule has 0 aliphatic heterocycles. The first-order valence-corrected chi connectivity index (χ1v) is 9.37. The van der Waals surface area contributed by atoms with Gasteiger partial charge < -0.3 is 14.8 Å². The van der Waals surface area contributed by atoms with Crippen LogP contribution in [0.25, 0.3) is 0 Å². The van der Waals surface area contributed by atoms with Crippen LogP contribution >= 0.6 is 15.9 Å². The number of hydrogen-bond acceptors (Lipinski definition) is 3. The maximum Gasteiger partial charge on any atom is 0.255 e. The number of carbonyl (C=O) groups is 1. The highest BCUT2D eigenvalue weighted by atomic mass is 79.9. The van der Waals surface area contributed by atoms with Gasteiger partial charge in [-0.3, -0.25) is 4.79 Å². The summed E-state index contributed by atoms with van der Waals surface area (Å²) in [7, 11) is 0.